The fourth-order valence-corrected chi connectivity index (χ4v) is 12.3. The molecule has 1 heteroatoms. The highest BCUT2D eigenvalue weighted by molar-refractivity contribution is 5.99. The maximum Gasteiger partial charge on any atom is 0.0726 e. The summed E-state index contributed by atoms with van der Waals surface area (Å²) >= 11 is 0. The molecule has 292 valence electrons. The Labute approximate surface area is 367 Å². The van der Waals surface area contributed by atoms with Crippen LogP contribution in [-0.2, 0) is 10.8 Å². The van der Waals surface area contributed by atoms with E-state index in [-0.39, 0.29) is 0 Å². The molecular weight excluding hydrogens is 759 g/mol. The van der Waals surface area contributed by atoms with E-state index in [9.17, 15) is 0 Å². The van der Waals surface area contributed by atoms with Gasteiger partial charge in [0.05, 0.1) is 10.8 Å². The highest BCUT2D eigenvalue weighted by Crippen LogP contribution is 2.65. The maximum atomic E-state index is 2.52. The van der Waals surface area contributed by atoms with E-state index in [1.165, 1.54) is 100 Å². The van der Waals surface area contributed by atoms with Crippen LogP contribution < -0.4 is 4.90 Å². The lowest BCUT2D eigenvalue weighted by Crippen LogP contribution is -2.26. The summed E-state index contributed by atoms with van der Waals surface area (Å²) in [5.41, 5.74) is 26.1. The van der Waals surface area contributed by atoms with Gasteiger partial charge in [-0.1, -0.05) is 200 Å². The zero-order valence-electron chi connectivity index (χ0n) is 34.5. The van der Waals surface area contributed by atoms with Crippen LogP contribution >= 0.6 is 0 Å². The van der Waals surface area contributed by atoms with E-state index in [2.05, 4.69) is 241 Å². The minimum atomic E-state index is -0.451. The van der Waals surface area contributed by atoms with Gasteiger partial charge in [-0.2, -0.15) is 0 Å². The Morgan fingerprint density at radius 1 is 0.206 bits per heavy atom. The Balaban J connectivity index is 1.05. The monoisotopic (exact) mass is 797 g/mol. The molecular formula is C62H39N. The van der Waals surface area contributed by atoms with Crippen molar-refractivity contribution in [1.29, 1.82) is 0 Å². The quantitative estimate of drug-likeness (QED) is 0.171. The van der Waals surface area contributed by atoms with Crippen molar-refractivity contribution in [2.24, 2.45) is 0 Å². The first-order valence-electron chi connectivity index (χ1n) is 22.1. The van der Waals surface area contributed by atoms with Gasteiger partial charge in [-0.15, -0.1) is 0 Å². The molecule has 14 rings (SSSR count). The lowest BCUT2D eigenvalue weighted by molar-refractivity contribution is 0.792. The van der Waals surface area contributed by atoms with Crippen molar-refractivity contribution in [3.63, 3.8) is 0 Å². The Kier molecular flexibility index (Phi) is 7.03. The lowest BCUT2D eigenvalue weighted by atomic mass is 9.70. The van der Waals surface area contributed by atoms with Crippen molar-refractivity contribution in [2.45, 2.75) is 10.8 Å². The van der Waals surface area contributed by atoms with Crippen molar-refractivity contribution in [2.75, 3.05) is 4.90 Å². The van der Waals surface area contributed by atoms with Crippen LogP contribution in [0.3, 0.4) is 0 Å². The molecule has 63 heavy (non-hydrogen) atoms. The summed E-state index contributed by atoms with van der Waals surface area (Å²) in [6.07, 6.45) is 0. The second kappa shape index (κ2) is 12.8. The van der Waals surface area contributed by atoms with Gasteiger partial charge in [0.2, 0.25) is 0 Å². The molecule has 0 bridgehead atoms. The minimum absolute atomic E-state index is 0.451. The smallest absolute Gasteiger partial charge is 0.0726 e. The van der Waals surface area contributed by atoms with E-state index in [1.54, 1.807) is 0 Å². The van der Waals surface area contributed by atoms with Gasteiger partial charge in [-0.25, -0.2) is 0 Å². The van der Waals surface area contributed by atoms with Crippen LogP contribution in [0.2, 0.25) is 0 Å². The third-order valence-electron chi connectivity index (χ3n) is 14.7. The molecule has 0 unspecified atom stereocenters. The number of rotatable bonds is 4. The summed E-state index contributed by atoms with van der Waals surface area (Å²) < 4.78 is 0. The molecule has 0 atom stereocenters. The summed E-state index contributed by atoms with van der Waals surface area (Å²) in [4.78, 5) is 2.51. The molecule has 10 aromatic carbocycles. The van der Waals surface area contributed by atoms with Gasteiger partial charge >= 0.3 is 0 Å². The number of benzene rings is 10. The number of nitrogens with zero attached hydrogens (tertiary/aromatic N) is 1. The van der Waals surface area contributed by atoms with Crippen LogP contribution in [0.4, 0.5) is 17.1 Å². The zero-order chi connectivity index (χ0) is 41.3. The summed E-state index contributed by atoms with van der Waals surface area (Å²) in [6.45, 7) is 0. The fraction of sp³-hybridized carbons (Fsp3) is 0.0323. The van der Waals surface area contributed by atoms with E-state index in [0.717, 1.165) is 17.1 Å². The average Bonchev–Trinajstić information content (AvgIpc) is 4.03. The summed E-state index contributed by atoms with van der Waals surface area (Å²) in [5.74, 6) is 0. The predicted molar refractivity (Wildman–Crippen MR) is 259 cm³/mol. The summed E-state index contributed by atoms with van der Waals surface area (Å²) in [6, 6.07) is 88.9. The van der Waals surface area contributed by atoms with Crippen LogP contribution in [-0.4, -0.2) is 0 Å². The molecule has 4 aliphatic carbocycles. The van der Waals surface area contributed by atoms with E-state index in [0.29, 0.717) is 0 Å². The molecule has 2 spiro atoms. The molecule has 10 aromatic rings. The highest BCUT2D eigenvalue weighted by atomic mass is 15.1. The standard InChI is InChI=1S/C62H39N/c1-2-17-40(18-3-1)41-19-16-20-42(37-41)63(43-33-35-51-49-25-8-14-31-57(49)61(59(51)38-43)53-27-10-4-21-45(53)46-22-5-11-28-54(46)61)44-34-36-52-50-26-9-15-32-58(50)62(60(52)39-44)55-29-12-6-23-47(55)48-24-7-13-30-56(48)62/h1-39H. The Hall–Kier alpha value is -8.00. The van der Waals surface area contributed by atoms with Gasteiger partial charge in [0.25, 0.3) is 0 Å². The zero-order valence-corrected chi connectivity index (χ0v) is 34.5. The van der Waals surface area contributed by atoms with Gasteiger partial charge in [0.15, 0.2) is 0 Å². The molecule has 0 saturated heterocycles. The van der Waals surface area contributed by atoms with Crippen LogP contribution in [0, 0.1) is 0 Å². The van der Waals surface area contributed by atoms with Gasteiger partial charge in [-0.3, -0.25) is 0 Å². The van der Waals surface area contributed by atoms with Gasteiger partial charge in [0, 0.05) is 17.1 Å². The van der Waals surface area contributed by atoms with E-state index in [1.807, 2.05) is 0 Å². The fourth-order valence-electron chi connectivity index (χ4n) is 12.3. The second-order valence-electron chi connectivity index (χ2n) is 17.5. The first kappa shape index (κ1) is 34.7. The lowest BCUT2D eigenvalue weighted by Gasteiger charge is -2.33. The van der Waals surface area contributed by atoms with E-state index < -0.39 is 10.8 Å². The molecule has 0 amide bonds. The van der Waals surface area contributed by atoms with Crippen LogP contribution in [0.25, 0.3) is 55.6 Å². The van der Waals surface area contributed by atoms with Crippen LogP contribution in [0.1, 0.15) is 44.5 Å². The Bertz CT molecular complexity index is 3220. The molecule has 4 aliphatic rings. The Morgan fingerprint density at radius 3 is 0.889 bits per heavy atom. The third kappa shape index (κ3) is 4.41. The first-order chi connectivity index (χ1) is 31.3. The molecule has 0 aliphatic heterocycles. The third-order valence-corrected chi connectivity index (χ3v) is 14.7. The number of fused-ring (bicyclic) bond motifs is 20. The Morgan fingerprint density at radius 2 is 0.508 bits per heavy atom. The predicted octanol–water partition coefficient (Wildman–Crippen LogP) is 15.5. The highest BCUT2D eigenvalue weighted by Gasteiger charge is 2.53. The van der Waals surface area contributed by atoms with Gasteiger partial charge in [-0.05, 0) is 137 Å². The van der Waals surface area contributed by atoms with Crippen molar-refractivity contribution >= 4 is 17.1 Å². The van der Waals surface area contributed by atoms with Crippen molar-refractivity contribution < 1.29 is 0 Å². The number of hydrogen-bond donors (Lipinski definition) is 0. The SMILES string of the molecule is c1ccc(-c2cccc(N(c3ccc4c(c3)C3(c5ccccc5-c5ccccc53)c3ccccc3-4)c3ccc4c(c3)C3(c5ccccc5-c5ccccc53)c3ccccc3-4)c2)cc1. The second-order valence-corrected chi connectivity index (χ2v) is 17.5. The van der Waals surface area contributed by atoms with Gasteiger partial charge < -0.3 is 4.90 Å². The maximum absolute atomic E-state index is 2.52. The molecule has 0 N–H and O–H groups in total. The normalized spacial score (nSPS) is 14.3. The minimum Gasteiger partial charge on any atom is -0.310 e. The molecule has 0 heterocycles. The van der Waals surface area contributed by atoms with Gasteiger partial charge in [0.1, 0.15) is 0 Å². The van der Waals surface area contributed by atoms with Crippen LogP contribution in [0.5, 0.6) is 0 Å². The van der Waals surface area contributed by atoms with Crippen molar-refractivity contribution in [3.05, 3.63) is 281 Å². The van der Waals surface area contributed by atoms with Crippen LogP contribution in [0.15, 0.2) is 237 Å². The molecule has 0 saturated carbocycles. The van der Waals surface area contributed by atoms with Crippen molar-refractivity contribution in [3.8, 4) is 55.6 Å². The number of hydrogen-bond acceptors (Lipinski definition) is 1. The average molecular weight is 798 g/mol. The topological polar surface area (TPSA) is 3.24 Å². The van der Waals surface area contributed by atoms with Crippen molar-refractivity contribution in [1.82, 2.24) is 0 Å². The molecule has 0 radical (unpaired) electrons. The first-order valence-corrected chi connectivity index (χ1v) is 22.1. The summed E-state index contributed by atoms with van der Waals surface area (Å²) in [5, 5.41) is 0. The van der Waals surface area contributed by atoms with E-state index >= 15 is 0 Å². The summed E-state index contributed by atoms with van der Waals surface area (Å²) in [7, 11) is 0. The molecule has 0 fully saturated rings. The number of anilines is 3. The largest absolute Gasteiger partial charge is 0.310 e. The molecule has 0 aromatic heterocycles. The molecule has 1 nitrogen and oxygen atoms in total. The van der Waals surface area contributed by atoms with E-state index in [4.69, 9.17) is 0 Å².